The normalized spacial score (nSPS) is 21.1. The second-order valence-corrected chi connectivity index (χ2v) is 7.78. The molecule has 6 heteroatoms. The number of hydrogen-bond acceptors (Lipinski definition) is 5. The number of piperazine rings is 1. The van der Waals surface area contributed by atoms with Crippen LogP contribution in [0.5, 0.6) is 0 Å². The maximum atomic E-state index is 4.50. The van der Waals surface area contributed by atoms with E-state index in [1.165, 1.54) is 18.4 Å². The van der Waals surface area contributed by atoms with Crippen molar-refractivity contribution in [3.63, 3.8) is 0 Å². The molecule has 4 rings (SSSR count). The molecule has 2 aromatic heterocycles. The summed E-state index contributed by atoms with van der Waals surface area (Å²) in [6, 6.07) is 4.21. The summed E-state index contributed by atoms with van der Waals surface area (Å²) in [6.07, 6.45) is 4.53. The van der Waals surface area contributed by atoms with E-state index in [0.29, 0.717) is 5.92 Å². The number of aromatic nitrogens is 4. The minimum absolute atomic E-state index is 0.166. The Morgan fingerprint density at radius 1 is 1.25 bits per heavy atom. The maximum absolute atomic E-state index is 4.50. The van der Waals surface area contributed by atoms with E-state index in [4.69, 9.17) is 0 Å². The molecule has 0 amide bonds. The third-order valence-electron chi connectivity index (χ3n) is 4.98. The Kier molecular flexibility index (Phi) is 3.89. The maximum Gasteiger partial charge on any atom is 0.111 e. The molecule has 0 radical (unpaired) electrons. The monoisotopic (exact) mass is 326 g/mol. The highest BCUT2D eigenvalue weighted by Gasteiger charge is 2.29. The molecule has 1 saturated heterocycles. The van der Waals surface area contributed by atoms with Crippen LogP contribution in [0.15, 0.2) is 18.3 Å². The van der Waals surface area contributed by atoms with Gasteiger partial charge in [0.1, 0.15) is 5.69 Å². The second kappa shape index (κ2) is 5.93. The van der Waals surface area contributed by atoms with Crippen molar-refractivity contribution in [1.82, 2.24) is 30.2 Å². The molecule has 0 aromatic carbocycles. The molecule has 0 atom stereocenters. The molecule has 2 aromatic rings. The zero-order chi connectivity index (χ0) is 16.7. The van der Waals surface area contributed by atoms with Crippen molar-refractivity contribution >= 4 is 0 Å². The molecule has 2 aliphatic rings. The van der Waals surface area contributed by atoms with E-state index in [1.807, 2.05) is 17.9 Å². The van der Waals surface area contributed by atoms with Crippen LogP contribution < -0.4 is 5.32 Å². The minimum Gasteiger partial charge on any atom is -0.309 e. The summed E-state index contributed by atoms with van der Waals surface area (Å²) in [5.74, 6) is 0.665. The van der Waals surface area contributed by atoms with Crippen LogP contribution in [0.1, 0.15) is 43.9 Å². The number of rotatable bonds is 4. The van der Waals surface area contributed by atoms with Gasteiger partial charge in [-0.25, -0.2) is 0 Å². The van der Waals surface area contributed by atoms with Crippen molar-refractivity contribution < 1.29 is 0 Å². The van der Waals surface area contributed by atoms with Crippen LogP contribution in [0.4, 0.5) is 0 Å². The van der Waals surface area contributed by atoms with E-state index in [0.717, 1.165) is 43.3 Å². The summed E-state index contributed by atoms with van der Waals surface area (Å²) < 4.78 is 1.93. The molecule has 1 aliphatic carbocycles. The Hall–Kier alpha value is -1.79. The number of hydrogen-bond donors (Lipinski definition) is 1. The van der Waals surface area contributed by atoms with Crippen LogP contribution in [-0.4, -0.2) is 50.1 Å². The lowest BCUT2D eigenvalue weighted by Gasteiger charge is -2.38. The first-order valence-electron chi connectivity index (χ1n) is 8.84. The van der Waals surface area contributed by atoms with E-state index < -0.39 is 0 Å². The third kappa shape index (κ3) is 3.21. The van der Waals surface area contributed by atoms with Gasteiger partial charge in [0.05, 0.1) is 17.6 Å². The van der Waals surface area contributed by atoms with Gasteiger partial charge in [0.15, 0.2) is 0 Å². The SMILES string of the molecule is Cn1ncc(C2CC2)c1-c1ccc(CN2CCNC(C)(C)C2)nn1. The van der Waals surface area contributed by atoms with Gasteiger partial charge >= 0.3 is 0 Å². The van der Waals surface area contributed by atoms with Gasteiger partial charge in [-0.2, -0.15) is 10.2 Å². The van der Waals surface area contributed by atoms with E-state index in [-0.39, 0.29) is 5.54 Å². The molecule has 0 spiro atoms. The summed E-state index contributed by atoms with van der Waals surface area (Å²) in [6.45, 7) is 8.47. The Labute approximate surface area is 143 Å². The fraction of sp³-hybridized carbons (Fsp3) is 0.611. The topological polar surface area (TPSA) is 58.9 Å². The largest absolute Gasteiger partial charge is 0.309 e. The smallest absolute Gasteiger partial charge is 0.111 e. The summed E-state index contributed by atoms with van der Waals surface area (Å²) in [5, 5.41) is 17.0. The molecule has 6 nitrogen and oxygen atoms in total. The van der Waals surface area contributed by atoms with E-state index >= 15 is 0 Å². The van der Waals surface area contributed by atoms with Crippen molar-refractivity contribution in [3.8, 4) is 11.4 Å². The molecule has 1 saturated carbocycles. The van der Waals surface area contributed by atoms with E-state index in [9.17, 15) is 0 Å². The van der Waals surface area contributed by atoms with Crippen LogP contribution in [0.3, 0.4) is 0 Å². The van der Waals surface area contributed by atoms with Gasteiger partial charge < -0.3 is 5.32 Å². The summed E-state index contributed by atoms with van der Waals surface area (Å²) in [4.78, 5) is 2.44. The van der Waals surface area contributed by atoms with Gasteiger partial charge in [-0.1, -0.05) is 0 Å². The van der Waals surface area contributed by atoms with E-state index in [1.54, 1.807) is 0 Å². The zero-order valence-electron chi connectivity index (χ0n) is 14.8. The average molecular weight is 326 g/mol. The van der Waals surface area contributed by atoms with Crippen molar-refractivity contribution in [2.45, 2.75) is 44.7 Å². The summed E-state index contributed by atoms with van der Waals surface area (Å²) >= 11 is 0. The van der Waals surface area contributed by atoms with Gasteiger partial charge in [-0.15, -0.1) is 5.10 Å². The lowest BCUT2D eigenvalue weighted by Crippen LogP contribution is -2.56. The highest BCUT2D eigenvalue weighted by molar-refractivity contribution is 5.60. The minimum atomic E-state index is 0.166. The van der Waals surface area contributed by atoms with Crippen molar-refractivity contribution in [1.29, 1.82) is 0 Å². The lowest BCUT2D eigenvalue weighted by atomic mass is 10.0. The van der Waals surface area contributed by atoms with Crippen molar-refractivity contribution in [2.24, 2.45) is 7.05 Å². The van der Waals surface area contributed by atoms with Crippen molar-refractivity contribution in [2.75, 3.05) is 19.6 Å². The standard InChI is InChI=1S/C18H26N6/c1-18(2)12-24(9-8-19-18)11-14-6-7-16(22-21-14)17-15(13-4-5-13)10-20-23(17)3/h6-7,10,13,19H,4-5,8-9,11-12H2,1-3H3. The lowest BCUT2D eigenvalue weighted by molar-refractivity contribution is 0.146. The first-order chi connectivity index (χ1) is 11.5. The third-order valence-corrected chi connectivity index (χ3v) is 4.98. The first-order valence-corrected chi connectivity index (χ1v) is 8.84. The summed E-state index contributed by atoms with van der Waals surface area (Å²) in [5.41, 5.74) is 4.58. The fourth-order valence-electron chi connectivity index (χ4n) is 3.64. The zero-order valence-corrected chi connectivity index (χ0v) is 14.8. The van der Waals surface area contributed by atoms with Gasteiger partial charge in [0.2, 0.25) is 0 Å². The quantitative estimate of drug-likeness (QED) is 0.930. The Balaban J connectivity index is 1.50. The van der Waals surface area contributed by atoms with Crippen molar-refractivity contribution in [3.05, 3.63) is 29.6 Å². The van der Waals surface area contributed by atoms with Crippen LogP contribution >= 0.6 is 0 Å². The van der Waals surface area contributed by atoms with E-state index in [2.05, 4.69) is 51.5 Å². The van der Waals surface area contributed by atoms with Crippen LogP contribution in [-0.2, 0) is 13.6 Å². The Morgan fingerprint density at radius 2 is 2.08 bits per heavy atom. The molecule has 2 fully saturated rings. The predicted molar refractivity (Wildman–Crippen MR) is 93.6 cm³/mol. The van der Waals surface area contributed by atoms with Gasteiger partial charge in [0.25, 0.3) is 0 Å². The van der Waals surface area contributed by atoms with Crippen LogP contribution in [0.25, 0.3) is 11.4 Å². The number of nitrogens with zero attached hydrogens (tertiary/aromatic N) is 5. The number of nitrogens with one attached hydrogen (secondary N) is 1. The van der Waals surface area contributed by atoms with Crippen LogP contribution in [0, 0.1) is 0 Å². The summed E-state index contributed by atoms with van der Waals surface area (Å²) in [7, 11) is 1.99. The van der Waals surface area contributed by atoms with Gasteiger partial charge in [-0.3, -0.25) is 9.58 Å². The number of aryl methyl sites for hydroxylation is 1. The molecular formula is C18H26N6. The molecule has 128 valence electrons. The molecule has 24 heavy (non-hydrogen) atoms. The second-order valence-electron chi connectivity index (χ2n) is 7.78. The van der Waals surface area contributed by atoms with Gasteiger partial charge in [-0.05, 0) is 44.7 Å². The molecule has 3 heterocycles. The first kappa shape index (κ1) is 15.7. The predicted octanol–water partition coefficient (Wildman–Crippen LogP) is 1.94. The average Bonchev–Trinajstić information content (AvgIpc) is 3.30. The molecule has 0 unspecified atom stereocenters. The fourth-order valence-corrected chi connectivity index (χ4v) is 3.64. The molecular weight excluding hydrogens is 300 g/mol. The molecule has 0 bridgehead atoms. The molecule has 1 aliphatic heterocycles. The Morgan fingerprint density at radius 3 is 2.75 bits per heavy atom. The van der Waals surface area contributed by atoms with Crippen LogP contribution in [0.2, 0.25) is 0 Å². The highest BCUT2D eigenvalue weighted by Crippen LogP contribution is 2.43. The molecule has 1 N–H and O–H groups in total. The van der Waals surface area contributed by atoms with Gasteiger partial charge in [0, 0.05) is 44.3 Å². The Bertz CT molecular complexity index is 714. The highest BCUT2D eigenvalue weighted by atomic mass is 15.3.